The predicted octanol–water partition coefficient (Wildman–Crippen LogP) is 1.56. The van der Waals surface area contributed by atoms with Crippen LogP contribution in [-0.4, -0.2) is 0 Å². The molecule has 0 amide bonds. The van der Waals surface area contributed by atoms with Crippen LogP contribution in [0, 0.1) is 0 Å². The van der Waals surface area contributed by atoms with Crippen molar-refractivity contribution in [2.45, 2.75) is 0 Å². The fourth-order valence-corrected chi connectivity index (χ4v) is 0.667. The zero-order valence-electron chi connectivity index (χ0n) is 4.54. The zero-order valence-corrected chi connectivity index (χ0v) is 6.56. The third-order valence-electron chi connectivity index (χ3n) is 0.870. The van der Waals surface area contributed by atoms with Crippen molar-refractivity contribution in [1.29, 1.82) is 0 Å². The normalized spacial score (nSPS) is 7.78. The van der Waals surface area contributed by atoms with E-state index in [9.17, 15) is 0 Å². The quantitative estimate of drug-likeness (QED) is 0.693. The molecule has 0 radical (unpaired) electrons. The molecule has 0 heterocycles. The summed E-state index contributed by atoms with van der Waals surface area (Å²) in [6, 6.07) is 9.78. The summed E-state index contributed by atoms with van der Waals surface area (Å²) in [6.07, 6.45) is 0. The van der Waals surface area contributed by atoms with Gasteiger partial charge in [-0.05, 0) is 0 Å². The second-order valence-electron chi connectivity index (χ2n) is 1.45. The number of anilines is 1. The number of hydrogen-bond donors (Lipinski definition) is 1. The molecule has 0 unspecified atom stereocenters. The van der Waals surface area contributed by atoms with Gasteiger partial charge in [0.05, 0.1) is 0 Å². The molecule has 0 fully saturated rings. The van der Waals surface area contributed by atoms with E-state index in [1.54, 1.807) is 0 Å². The Morgan fingerprint density at radius 1 is 1.11 bits per heavy atom. The maximum absolute atomic E-state index is 3.90. The molecule has 0 spiro atoms. The van der Waals surface area contributed by atoms with E-state index in [4.69, 9.17) is 0 Å². The molecule has 1 rings (SSSR count). The molecule has 1 nitrogen and oxygen atoms in total. The molecule has 9 heavy (non-hydrogen) atoms. The Morgan fingerprint density at radius 3 is 2.00 bits per heavy atom. The third kappa shape index (κ3) is 2.89. The zero-order chi connectivity index (χ0) is 5.82. The van der Waals surface area contributed by atoms with Gasteiger partial charge in [-0.2, -0.15) is 0 Å². The molecule has 0 aliphatic rings. The summed E-state index contributed by atoms with van der Waals surface area (Å²) in [5, 5.41) is 0. The van der Waals surface area contributed by atoms with Crippen LogP contribution in [0.4, 0.5) is 5.69 Å². The van der Waals surface area contributed by atoms with Crippen LogP contribution in [0.2, 0.25) is 0 Å². The molecular formula is C6H6CoNNi. The van der Waals surface area contributed by atoms with Gasteiger partial charge in [-0.3, -0.25) is 0 Å². The Bertz CT molecular complexity index is 154. The van der Waals surface area contributed by atoms with Crippen molar-refractivity contribution in [3.05, 3.63) is 30.3 Å². The van der Waals surface area contributed by atoms with Crippen molar-refractivity contribution in [3.63, 3.8) is 0 Å². The molecule has 0 aliphatic heterocycles. The summed E-state index contributed by atoms with van der Waals surface area (Å²) >= 11 is 3.90. The average Bonchev–Trinajstić information content (AvgIpc) is 1.90. The van der Waals surface area contributed by atoms with Crippen molar-refractivity contribution in [3.8, 4) is 0 Å². The molecule has 1 N–H and O–H groups in total. The summed E-state index contributed by atoms with van der Waals surface area (Å²) in [4.78, 5) is 0. The standard InChI is InChI=1S/C6H6N.Co.Ni/c7-6-4-2-1-3-5-6;;/h1-5,7H;;/q-1;+1;. The van der Waals surface area contributed by atoms with E-state index in [2.05, 4.69) is 20.3 Å². The molecule has 1 aromatic rings. The minimum absolute atomic E-state index is 0. The van der Waals surface area contributed by atoms with E-state index in [0.29, 0.717) is 0 Å². The van der Waals surface area contributed by atoms with Crippen LogP contribution in [0.15, 0.2) is 30.3 Å². The van der Waals surface area contributed by atoms with Gasteiger partial charge in [-0.15, -0.1) is 0 Å². The van der Waals surface area contributed by atoms with Gasteiger partial charge in [0, 0.05) is 16.5 Å². The maximum Gasteiger partial charge on any atom is 0 e. The molecular weight excluding hydrogens is 204 g/mol. The van der Waals surface area contributed by atoms with E-state index < -0.39 is 0 Å². The van der Waals surface area contributed by atoms with Crippen LogP contribution in [0.1, 0.15) is 0 Å². The number of para-hydroxylation sites is 1. The molecule has 0 atom stereocenters. The molecule has 0 saturated heterocycles. The number of benzene rings is 1. The summed E-state index contributed by atoms with van der Waals surface area (Å²) in [5.41, 5.74) is 1.02. The van der Waals surface area contributed by atoms with Crippen LogP contribution in [0.5, 0.6) is 0 Å². The van der Waals surface area contributed by atoms with E-state index in [1.807, 2.05) is 30.3 Å². The number of rotatable bonds is 1. The monoisotopic (exact) mass is 209 g/mol. The first-order valence-corrected chi connectivity index (χ1v) is 2.85. The van der Waals surface area contributed by atoms with Gasteiger partial charge < -0.3 is 0 Å². The first-order chi connectivity index (χ1) is 3.93. The fourth-order valence-electron chi connectivity index (χ4n) is 0.494. The molecule has 54 valence electrons. The van der Waals surface area contributed by atoms with Gasteiger partial charge in [0.2, 0.25) is 0 Å². The SMILES string of the molecule is [Co][NH]c1ccccc1.[Ni]. The summed E-state index contributed by atoms with van der Waals surface area (Å²) in [7, 11) is 0. The minimum Gasteiger partial charge on any atom is 0 e. The van der Waals surface area contributed by atoms with Crippen molar-refractivity contribution < 1.29 is 32.4 Å². The van der Waals surface area contributed by atoms with E-state index in [0.717, 1.165) is 5.69 Å². The molecule has 0 saturated carbocycles. The van der Waals surface area contributed by atoms with Crippen LogP contribution in [-0.2, 0) is 32.4 Å². The van der Waals surface area contributed by atoms with Crippen LogP contribution in [0.3, 0.4) is 0 Å². The van der Waals surface area contributed by atoms with Crippen molar-refractivity contribution in [1.82, 2.24) is 0 Å². The molecule has 3 heteroatoms. The Kier molecular flexibility index (Phi) is 4.87. The van der Waals surface area contributed by atoms with Crippen LogP contribution in [0.25, 0.3) is 0 Å². The third-order valence-corrected chi connectivity index (χ3v) is 1.17. The first-order valence-electron chi connectivity index (χ1n) is 2.33. The van der Waals surface area contributed by atoms with Crippen LogP contribution < -0.4 is 4.37 Å². The van der Waals surface area contributed by atoms with E-state index in [1.165, 1.54) is 0 Å². The Hall–Kier alpha value is 0.0200. The summed E-state index contributed by atoms with van der Waals surface area (Å²) in [6.45, 7) is 0. The van der Waals surface area contributed by atoms with Gasteiger partial charge in [-0.25, -0.2) is 0 Å². The van der Waals surface area contributed by atoms with Crippen molar-refractivity contribution in [2.75, 3.05) is 4.37 Å². The van der Waals surface area contributed by atoms with Gasteiger partial charge in [-0.1, -0.05) is 0 Å². The molecule has 0 aliphatic carbocycles. The van der Waals surface area contributed by atoms with Gasteiger partial charge in [0.15, 0.2) is 0 Å². The van der Waals surface area contributed by atoms with Gasteiger partial charge in [0.25, 0.3) is 0 Å². The second-order valence-corrected chi connectivity index (χ2v) is 1.71. The van der Waals surface area contributed by atoms with Crippen LogP contribution >= 0.6 is 0 Å². The number of hydrogen-bond acceptors (Lipinski definition) is 1. The smallest absolute Gasteiger partial charge is 0 e. The molecule has 0 aromatic heterocycles. The Labute approximate surface area is 72.9 Å². The molecule has 0 bridgehead atoms. The van der Waals surface area contributed by atoms with E-state index >= 15 is 0 Å². The summed E-state index contributed by atoms with van der Waals surface area (Å²) in [5.74, 6) is 0. The van der Waals surface area contributed by atoms with E-state index in [-0.39, 0.29) is 16.5 Å². The second kappa shape index (κ2) is 4.86. The first kappa shape index (κ1) is 9.02. The Morgan fingerprint density at radius 2 is 1.67 bits per heavy atom. The molecule has 1 aromatic carbocycles. The van der Waals surface area contributed by atoms with Crippen molar-refractivity contribution in [2.24, 2.45) is 0 Å². The van der Waals surface area contributed by atoms with Crippen molar-refractivity contribution >= 4 is 5.69 Å². The minimum atomic E-state index is 0. The largest absolute Gasteiger partial charge is 0 e. The average molecular weight is 210 g/mol. The predicted molar refractivity (Wildman–Crippen MR) is 30.1 cm³/mol. The summed E-state index contributed by atoms with van der Waals surface area (Å²) < 4.78 is 2.71. The Balaban J connectivity index is 0.000000640. The topological polar surface area (TPSA) is 12.0 Å². The number of nitrogens with one attached hydrogen (secondary N) is 1. The van der Waals surface area contributed by atoms with Gasteiger partial charge in [0.1, 0.15) is 0 Å². The fraction of sp³-hybridized carbons (Fsp3) is 0. The maximum atomic E-state index is 3.90. The van der Waals surface area contributed by atoms with Gasteiger partial charge >= 0.3 is 56.3 Å².